The third-order valence-electron chi connectivity index (χ3n) is 2.73. The summed E-state index contributed by atoms with van der Waals surface area (Å²) in [5.41, 5.74) is 7.89. The van der Waals surface area contributed by atoms with Crippen LogP contribution in [0.15, 0.2) is 29.4 Å². The van der Waals surface area contributed by atoms with Crippen LogP contribution in [-0.2, 0) is 6.42 Å². The maximum atomic E-state index is 6.02. The molecule has 0 aromatic carbocycles. The van der Waals surface area contributed by atoms with Gasteiger partial charge in [0, 0.05) is 30.7 Å². The molecule has 1 atom stereocenters. The zero-order chi connectivity index (χ0) is 13.9. The monoisotopic (exact) mass is 271 g/mol. The molecule has 102 valence electrons. The quantitative estimate of drug-likeness (QED) is 0.720. The molecule has 0 fully saturated rings. The predicted molar refractivity (Wildman–Crippen MR) is 69.3 cm³/mol. The molecule has 8 nitrogen and oxygen atoms in total. The van der Waals surface area contributed by atoms with Crippen LogP contribution >= 0.6 is 0 Å². The number of nitrogens with zero attached hydrogens (tertiary/aromatic N) is 5. The largest absolute Gasteiger partial charge is 0.348 e. The van der Waals surface area contributed by atoms with Gasteiger partial charge in [0.1, 0.15) is 0 Å². The molecule has 0 amide bonds. The summed E-state index contributed by atoms with van der Waals surface area (Å²) in [6, 6.07) is -0.401. The van der Waals surface area contributed by atoms with E-state index in [0.717, 1.165) is 11.3 Å². The molecular formula is C12H13N7O. The molecule has 0 saturated carbocycles. The fraction of sp³-hybridized carbons (Fsp3) is 0.250. The number of hydrogen-bond donors (Lipinski definition) is 2. The van der Waals surface area contributed by atoms with Gasteiger partial charge in [-0.2, -0.15) is 4.98 Å². The number of rotatable bonds is 4. The topological polar surface area (TPSA) is 119 Å². The van der Waals surface area contributed by atoms with E-state index in [1.54, 1.807) is 24.9 Å². The Labute approximate surface area is 114 Å². The molecule has 3 heterocycles. The third-order valence-corrected chi connectivity index (χ3v) is 2.73. The van der Waals surface area contributed by atoms with Crippen molar-refractivity contribution in [3.63, 3.8) is 0 Å². The fourth-order valence-electron chi connectivity index (χ4n) is 1.71. The summed E-state index contributed by atoms with van der Waals surface area (Å²) in [4.78, 5) is 19.4. The average molecular weight is 271 g/mol. The Bertz CT molecular complexity index is 674. The lowest BCUT2D eigenvalue weighted by molar-refractivity contribution is 0.353. The van der Waals surface area contributed by atoms with Crippen LogP contribution in [0.5, 0.6) is 0 Å². The second-order valence-electron chi connectivity index (χ2n) is 4.43. The van der Waals surface area contributed by atoms with Crippen molar-refractivity contribution >= 4 is 0 Å². The molecule has 0 bridgehead atoms. The molecule has 3 aromatic heterocycles. The van der Waals surface area contributed by atoms with Crippen molar-refractivity contribution in [3.8, 4) is 11.6 Å². The van der Waals surface area contributed by atoms with E-state index in [1.165, 1.54) is 0 Å². The Kier molecular flexibility index (Phi) is 3.21. The zero-order valence-electron chi connectivity index (χ0n) is 10.8. The predicted octanol–water partition coefficient (Wildman–Crippen LogP) is 0.801. The standard InChI is InChI=1S/C12H13N7O/c1-7-3-15-10(16-4-7)11-18-12(20-19-11)9(13)2-8-5-14-6-17-8/h3-6,9H,2,13H2,1H3,(H,14,17)/t9-/m1/s1. The highest BCUT2D eigenvalue weighted by Gasteiger charge is 2.17. The van der Waals surface area contributed by atoms with Crippen LogP contribution < -0.4 is 5.73 Å². The lowest BCUT2D eigenvalue weighted by Crippen LogP contribution is -2.14. The van der Waals surface area contributed by atoms with E-state index in [9.17, 15) is 0 Å². The number of hydrogen-bond acceptors (Lipinski definition) is 7. The molecule has 0 aliphatic carbocycles. The first-order valence-electron chi connectivity index (χ1n) is 6.08. The van der Waals surface area contributed by atoms with Crippen LogP contribution in [-0.4, -0.2) is 30.1 Å². The van der Waals surface area contributed by atoms with Gasteiger partial charge >= 0.3 is 0 Å². The highest BCUT2D eigenvalue weighted by molar-refractivity contribution is 5.41. The molecule has 3 aromatic rings. The smallest absolute Gasteiger partial charge is 0.244 e. The second kappa shape index (κ2) is 5.17. The van der Waals surface area contributed by atoms with E-state index in [2.05, 4.69) is 30.1 Å². The molecule has 0 aliphatic rings. The van der Waals surface area contributed by atoms with Crippen LogP contribution in [0.4, 0.5) is 0 Å². The molecule has 20 heavy (non-hydrogen) atoms. The van der Waals surface area contributed by atoms with Gasteiger partial charge in [-0.1, -0.05) is 5.16 Å². The molecule has 8 heteroatoms. The normalized spacial score (nSPS) is 12.5. The number of nitrogens with one attached hydrogen (secondary N) is 1. The maximum absolute atomic E-state index is 6.02. The van der Waals surface area contributed by atoms with Crippen molar-refractivity contribution in [1.82, 2.24) is 30.1 Å². The van der Waals surface area contributed by atoms with E-state index < -0.39 is 6.04 Å². The third kappa shape index (κ3) is 2.54. The van der Waals surface area contributed by atoms with Gasteiger partial charge in [0.05, 0.1) is 12.4 Å². The Morgan fingerprint density at radius 1 is 1.25 bits per heavy atom. The SMILES string of the molecule is Cc1cnc(-c2noc([C@H](N)Cc3cnc[nH]3)n2)nc1. The van der Waals surface area contributed by atoms with E-state index in [4.69, 9.17) is 10.3 Å². The summed E-state index contributed by atoms with van der Waals surface area (Å²) in [6.45, 7) is 1.91. The molecule has 0 spiro atoms. The molecule has 3 rings (SSSR count). The van der Waals surface area contributed by atoms with Crippen LogP contribution in [0, 0.1) is 6.92 Å². The van der Waals surface area contributed by atoms with E-state index in [0.29, 0.717) is 24.0 Å². The van der Waals surface area contributed by atoms with Crippen LogP contribution in [0.25, 0.3) is 11.6 Å². The van der Waals surface area contributed by atoms with Crippen LogP contribution in [0.3, 0.4) is 0 Å². The summed E-state index contributed by atoms with van der Waals surface area (Å²) in [5.74, 6) is 1.10. The van der Waals surface area contributed by atoms with E-state index in [-0.39, 0.29) is 0 Å². The highest BCUT2D eigenvalue weighted by atomic mass is 16.5. The Morgan fingerprint density at radius 3 is 2.75 bits per heavy atom. The van der Waals surface area contributed by atoms with Gasteiger partial charge < -0.3 is 15.2 Å². The van der Waals surface area contributed by atoms with Gasteiger partial charge in [-0.25, -0.2) is 15.0 Å². The van der Waals surface area contributed by atoms with Gasteiger partial charge in [-0.05, 0) is 12.5 Å². The van der Waals surface area contributed by atoms with Gasteiger partial charge in [-0.3, -0.25) is 0 Å². The van der Waals surface area contributed by atoms with Crippen molar-refractivity contribution in [2.45, 2.75) is 19.4 Å². The van der Waals surface area contributed by atoms with Gasteiger partial charge in [-0.15, -0.1) is 0 Å². The van der Waals surface area contributed by atoms with Crippen molar-refractivity contribution in [3.05, 3.63) is 42.1 Å². The molecule has 0 aliphatic heterocycles. The van der Waals surface area contributed by atoms with Gasteiger partial charge in [0.25, 0.3) is 0 Å². The van der Waals surface area contributed by atoms with Crippen molar-refractivity contribution in [2.24, 2.45) is 5.73 Å². The lowest BCUT2D eigenvalue weighted by Gasteiger charge is -2.03. The number of imidazole rings is 1. The van der Waals surface area contributed by atoms with Gasteiger partial charge in [0.15, 0.2) is 0 Å². The minimum absolute atomic E-state index is 0.333. The van der Waals surface area contributed by atoms with Crippen LogP contribution in [0.1, 0.15) is 23.2 Å². The first-order chi connectivity index (χ1) is 9.72. The summed E-state index contributed by atoms with van der Waals surface area (Å²) in [5, 5.41) is 3.85. The van der Waals surface area contributed by atoms with E-state index in [1.807, 2.05) is 6.92 Å². The van der Waals surface area contributed by atoms with Gasteiger partial charge in [0.2, 0.25) is 17.5 Å². The minimum atomic E-state index is -0.401. The first-order valence-corrected chi connectivity index (χ1v) is 6.08. The lowest BCUT2D eigenvalue weighted by atomic mass is 10.2. The number of nitrogens with two attached hydrogens (primary N) is 1. The second-order valence-corrected chi connectivity index (χ2v) is 4.43. The van der Waals surface area contributed by atoms with Crippen LogP contribution in [0.2, 0.25) is 0 Å². The van der Waals surface area contributed by atoms with Crippen molar-refractivity contribution < 1.29 is 4.52 Å². The molecule has 0 radical (unpaired) electrons. The summed E-state index contributed by atoms with van der Waals surface area (Å²) < 4.78 is 5.16. The Morgan fingerprint density at radius 2 is 2.05 bits per heavy atom. The summed E-state index contributed by atoms with van der Waals surface area (Å²) in [7, 11) is 0. The average Bonchev–Trinajstić information content (AvgIpc) is 3.10. The Balaban J connectivity index is 1.77. The number of aryl methyl sites for hydroxylation is 1. The highest BCUT2D eigenvalue weighted by Crippen LogP contribution is 2.16. The van der Waals surface area contributed by atoms with Crippen molar-refractivity contribution in [1.29, 1.82) is 0 Å². The first kappa shape index (κ1) is 12.4. The van der Waals surface area contributed by atoms with Crippen molar-refractivity contribution in [2.75, 3.05) is 0 Å². The fourth-order valence-corrected chi connectivity index (χ4v) is 1.71. The Hall–Kier alpha value is -2.61. The number of aromatic nitrogens is 6. The zero-order valence-corrected chi connectivity index (χ0v) is 10.8. The summed E-state index contributed by atoms with van der Waals surface area (Å²) in [6.07, 6.45) is 7.24. The number of H-pyrrole nitrogens is 1. The molecule has 3 N–H and O–H groups in total. The molecular weight excluding hydrogens is 258 g/mol. The molecule has 0 unspecified atom stereocenters. The summed E-state index contributed by atoms with van der Waals surface area (Å²) >= 11 is 0. The number of aromatic amines is 1. The van der Waals surface area contributed by atoms with E-state index >= 15 is 0 Å². The maximum Gasteiger partial charge on any atom is 0.244 e. The minimum Gasteiger partial charge on any atom is -0.348 e. The molecule has 0 saturated heterocycles.